The number of halogens is 2. The first-order valence-electron chi connectivity index (χ1n) is 5.54. The van der Waals surface area contributed by atoms with Gasteiger partial charge in [0.05, 0.1) is 4.47 Å². The molecule has 0 bridgehead atoms. The minimum Gasteiger partial charge on any atom is -0.379 e. The van der Waals surface area contributed by atoms with Crippen LogP contribution in [-0.4, -0.2) is 28.1 Å². The van der Waals surface area contributed by atoms with Crippen molar-refractivity contribution in [2.24, 2.45) is 0 Å². The summed E-state index contributed by atoms with van der Waals surface area (Å²) in [5.41, 5.74) is -0.600. The van der Waals surface area contributed by atoms with Gasteiger partial charge in [-0.2, -0.15) is 11.8 Å². The van der Waals surface area contributed by atoms with E-state index in [2.05, 4.69) is 21.2 Å². The molecule has 1 atom stereocenters. The Hall–Kier alpha value is -0.590. The number of thioether (sulfide) groups is 1. The van der Waals surface area contributed by atoms with Gasteiger partial charge in [-0.15, -0.1) is 0 Å². The van der Waals surface area contributed by atoms with Crippen LogP contribution in [-0.2, 0) is 11.3 Å². The summed E-state index contributed by atoms with van der Waals surface area (Å²) in [5, 5.41) is 12.7. The molecule has 1 heterocycles. The number of carbonyl (C=O) groups excluding carboxylic acids is 1. The number of amides is 1. The van der Waals surface area contributed by atoms with Crippen LogP contribution in [0.5, 0.6) is 0 Å². The third-order valence-corrected chi connectivity index (χ3v) is 4.68. The van der Waals surface area contributed by atoms with Crippen LogP contribution in [0.2, 0.25) is 0 Å². The molecular weight excluding hydrogens is 321 g/mol. The molecule has 1 fully saturated rings. The predicted octanol–water partition coefficient (Wildman–Crippen LogP) is 2.07. The lowest BCUT2D eigenvalue weighted by Crippen LogP contribution is -2.46. The number of benzene rings is 1. The highest BCUT2D eigenvalue weighted by molar-refractivity contribution is 9.10. The molecule has 2 rings (SSSR count). The fourth-order valence-corrected chi connectivity index (χ4v) is 3.22. The first kappa shape index (κ1) is 13.8. The van der Waals surface area contributed by atoms with Crippen molar-refractivity contribution in [1.82, 2.24) is 5.32 Å². The van der Waals surface area contributed by atoms with Crippen molar-refractivity contribution in [2.45, 2.75) is 18.6 Å². The quantitative estimate of drug-likeness (QED) is 0.890. The van der Waals surface area contributed by atoms with Crippen molar-refractivity contribution >= 4 is 33.6 Å². The lowest BCUT2D eigenvalue weighted by Gasteiger charge is -2.20. The fourth-order valence-electron chi connectivity index (χ4n) is 1.73. The molecule has 0 radical (unpaired) electrons. The maximum atomic E-state index is 13.3. The van der Waals surface area contributed by atoms with E-state index < -0.39 is 5.60 Å². The fraction of sp³-hybridized carbons (Fsp3) is 0.417. The average Bonchev–Trinajstić information content (AvgIpc) is 2.79. The minimum absolute atomic E-state index is 0.218. The second kappa shape index (κ2) is 5.59. The maximum Gasteiger partial charge on any atom is 0.253 e. The molecule has 1 aromatic carbocycles. The van der Waals surface area contributed by atoms with Crippen LogP contribution in [0, 0.1) is 5.82 Å². The van der Waals surface area contributed by atoms with Crippen LogP contribution in [0.25, 0.3) is 0 Å². The Bertz CT molecular complexity index is 463. The van der Waals surface area contributed by atoms with Gasteiger partial charge >= 0.3 is 0 Å². The van der Waals surface area contributed by atoms with Gasteiger partial charge in [0.2, 0.25) is 0 Å². The second-order valence-corrected chi connectivity index (χ2v) is 6.22. The third-order valence-electron chi connectivity index (χ3n) is 2.86. The predicted molar refractivity (Wildman–Crippen MR) is 72.8 cm³/mol. The monoisotopic (exact) mass is 333 g/mol. The molecule has 1 aliphatic heterocycles. The Balaban J connectivity index is 1.95. The van der Waals surface area contributed by atoms with Crippen molar-refractivity contribution in [1.29, 1.82) is 0 Å². The Kier molecular flexibility index (Phi) is 4.29. The van der Waals surface area contributed by atoms with E-state index in [1.807, 2.05) is 0 Å². The van der Waals surface area contributed by atoms with Crippen molar-refractivity contribution in [3.63, 3.8) is 0 Å². The molecule has 1 unspecified atom stereocenters. The number of aliphatic hydroxyl groups is 1. The van der Waals surface area contributed by atoms with Gasteiger partial charge in [-0.3, -0.25) is 4.79 Å². The van der Waals surface area contributed by atoms with Gasteiger partial charge in [0.15, 0.2) is 5.60 Å². The molecule has 98 valence electrons. The zero-order valence-electron chi connectivity index (χ0n) is 9.58. The molecule has 0 aromatic heterocycles. The first-order chi connectivity index (χ1) is 8.51. The second-order valence-electron chi connectivity index (χ2n) is 4.27. The number of hydrogen-bond acceptors (Lipinski definition) is 3. The Labute approximate surface area is 117 Å². The molecule has 2 N–H and O–H groups in total. The normalized spacial score (nSPS) is 23.1. The maximum absolute atomic E-state index is 13.3. The number of nitrogens with one attached hydrogen (secondary N) is 1. The van der Waals surface area contributed by atoms with E-state index in [1.54, 1.807) is 23.9 Å². The van der Waals surface area contributed by atoms with Crippen LogP contribution in [0.3, 0.4) is 0 Å². The number of rotatable bonds is 3. The summed E-state index contributed by atoms with van der Waals surface area (Å²) in [4.78, 5) is 11.8. The number of hydrogen-bond donors (Lipinski definition) is 2. The van der Waals surface area contributed by atoms with E-state index in [1.165, 1.54) is 6.07 Å². The molecule has 1 amide bonds. The van der Waals surface area contributed by atoms with Crippen molar-refractivity contribution in [3.8, 4) is 0 Å². The van der Waals surface area contributed by atoms with E-state index >= 15 is 0 Å². The molecule has 18 heavy (non-hydrogen) atoms. The Morgan fingerprint density at radius 1 is 1.61 bits per heavy atom. The highest BCUT2D eigenvalue weighted by Gasteiger charge is 2.39. The summed E-state index contributed by atoms with van der Waals surface area (Å²) in [7, 11) is 0. The molecule has 3 nitrogen and oxygen atoms in total. The summed E-state index contributed by atoms with van der Waals surface area (Å²) in [6, 6.07) is 4.68. The van der Waals surface area contributed by atoms with Gasteiger partial charge in [-0.1, -0.05) is 6.07 Å². The van der Waals surface area contributed by atoms with Crippen LogP contribution < -0.4 is 5.32 Å². The highest BCUT2D eigenvalue weighted by Crippen LogP contribution is 2.28. The van der Waals surface area contributed by atoms with Crippen LogP contribution in [0.4, 0.5) is 4.39 Å². The molecule has 6 heteroatoms. The summed E-state index contributed by atoms with van der Waals surface area (Å²) in [6.07, 6.45) is 0.470. The largest absolute Gasteiger partial charge is 0.379 e. The third kappa shape index (κ3) is 3.05. The topological polar surface area (TPSA) is 49.3 Å². The smallest absolute Gasteiger partial charge is 0.253 e. The van der Waals surface area contributed by atoms with Gasteiger partial charge in [0, 0.05) is 12.3 Å². The van der Waals surface area contributed by atoms with E-state index in [-0.39, 0.29) is 18.3 Å². The van der Waals surface area contributed by atoms with Crippen molar-refractivity contribution in [2.75, 3.05) is 11.5 Å². The van der Waals surface area contributed by atoms with Gasteiger partial charge in [-0.25, -0.2) is 4.39 Å². The summed E-state index contributed by atoms with van der Waals surface area (Å²) >= 11 is 4.63. The van der Waals surface area contributed by atoms with Crippen molar-refractivity contribution < 1.29 is 14.3 Å². The lowest BCUT2D eigenvalue weighted by atomic mass is 10.0. The zero-order chi connectivity index (χ0) is 13.2. The van der Waals surface area contributed by atoms with Crippen LogP contribution >= 0.6 is 27.7 Å². The van der Waals surface area contributed by atoms with E-state index in [9.17, 15) is 14.3 Å². The molecule has 1 aromatic rings. The number of carbonyl (C=O) groups is 1. The van der Waals surface area contributed by atoms with Gasteiger partial charge in [0.1, 0.15) is 5.82 Å². The van der Waals surface area contributed by atoms with Crippen LogP contribution in [0.15, 0.2) is 22.7 Å². The van der Waals surface area contributed by atoms with Gasteiger partial charge in [0.25, 0.3) is 5.91 Å². The van der Waals surface area contributed by atoms with Crippen molar-refractivity contribution in [3.05, 3.63) is 34.1 Å². The van der Waals surface area contributed by atoms with Crippen LogP contribution in [0.1, 0.15) is 12.0 Å². The molecule has 1 saturated heterocycles. The molecule has 0 spiro atoms. The molecular formula is C12H13BrFNO2S. The van der Waals surface area contributed by atoms with E-state index in [0.717, 1.165) is 5.75 Å². The SMILES string of the molecule is O=C(NCc1ccc(Br)c(F)c1)C1(O)CCSC1. The average molecular weight is 334 g/mol. The van der Waals surface area contributed by atoms with E-state index in [4.69, 9.17) is 0 Å². The summed E-state index contributed by atoms with van der Waals surface area (Å²) in [5.74, 6) is 0.470. The standard InChI is InChI=1S/C12H13BrFNO2S/c13-9-2-1-8(5-10(9)14)6-15-11(16)12(17)3-4-18-7-12/h1-2,5,17H,3-4,6-7H2,(H,15,16). The molecule has 0 saturated carbocycles. The van der Waals surface area contributed by atoms with E-state index in [0.29, 0.717) is 22.2 Å². The molecule has 1 aliphatic rings. The summed E-state index contributed by atoms with van der Waals surface area (Å²) in [6.45, 7) is 0.218. The molecule has 0 aliphatic carbocycles. The van der Waals surface area contributed by atoms with Gasteiger partial charge in [-0.05, 0) is 45.8 Å². The Morgan fingerprint density at radius 2 is 2.39 bits per heavy atom. The minimum atomic E-state index is -1.27. The first-order valence-corrected chi connectivity index (χ1v) is 7.48. The Morgan fingerprint density at radius 3 is 3.00 bits per heavy atom. The zero-order valence-corrected chi connectivity index (χ0v) is 12.0. The van der Waals surface area contributed by atoms with Gasteiger partial charge < -0.3 is 10.4 Å². The summed E-state index contributed by atoms with van der Waals surface area (Å²) < 4.78 is 13.7. The highest BCUT2D eigenvalue weighted by atomic mass is 79.9. The lowest BCUT2D eigenvalue weighted by molar-refractivity contribution is -0.137.